The van der Waals surface area contributed by atoms with Gasteiger partial charge in [-0.15, -0.1) is 0 Å². The van der Waals surface area contributed by atoms with Crippen molar-refractivity contribution in [2.75, 3.05) is 6.54 Å². The minimum atomic E-state index is 0.502. The molecule has 0 atom stereocenters. The summed E-state index contributed by atoms with van der Waals surface area (Å²) in [4.78, 5) is 10.2. The molecule has 0 spiro atoms. The third-order valence-electron chi connectivity index (χ3n) is 0.828. The Morgan fingerprint density at radius 3 is 2.89 bits per heavy atom. The van der Waals surface area contributed by atoms with E-state index in [2.05, 4.69) is 17.5 Å². The Morgan fingerprint density at radius 2 is 2.44 bits per heavy atom. The molecular formula is C5H10N2OS. The predicted octanol–water partition coefficient (Wildman–Crippen LogP) is -0.201. The summed E-state index contributed by atoms with van der Waals surface area (Å²) in [6, 6.07) is 0. The average molecular weight is 146 g/mol. The molecule has 9 heavy (non-hydrogen) atoms. The van der Waals surface area contributed by atoms with E-state index in [1.54, 1.807) is 0 Å². The van der Waals surface area contributed by atoms with E-state index in [0.29, 0.717) is 24.4 Å². The molecule has 0 unspecified atom stereocenters. The summed E-state index contributed by atoms with van der Waals surface area (Å²) in [5.74, 6) is 0. The normalized spacial score (nSPS) is 8.44. The quantitative estimate of drug-likeness (QED) is 0.321. The maximum Gasteiger partial charge on any atom is 0.207 e. The largest absolute Gasteiger partial charge is 0.393 e. The van der Waals surface area contributed by atoms with Crippen molar-refractivity contribution in [3.63, 3.8) is 0 Å². The Bertz CT molecular complexity index is 105. The lowest BCUT2D eigenvalue weighted by molar-refractivity contribution is -0.109. The number of hydrogen-bond acceptors (Lipinski definition) is 2. The van der Waals surface area contributed by atoms with Crippen LogP contribution in [0.4, 0.5) is 0 Å². The highest BCUT2D eigenvalue weighted by atomic mass is 32.1. The van der Waals surface area contributed by atoms with Gasteiger partial charge in [0.1, 0.15) is 0 Å². The van der Waals surface area contributed by atoms with Gasteiger partial charge in [-0.05, 0) is 12.8 Å². The Labute approximate surface area is 59.6 Å². The zero-order chi connectivity index (χ0) is 7.11. The lowest BCUT2D eigenvalue weighted by atomic mass is 10.3. The number of carbonyl (C=O) groups is 1. The Balaban J connectivity index is 2.91. The van der Waals surface area contributed by atoms with E-state index in [-0.39, 0.29) is 0 Å². The summed E-state index contributed by atoms with van der Waals surface area (Å²) in [5, 5.41) is 2.51. The monoisotopic (exact) mass is 146 g/mol. The first kappa shape index (κ1) is 8.36. The van der Waals surface area contributed by atoms with E-state index in [1.807, 2.05) is 0 Å². The minimum absolute atomic E-state index is 0.502. The van der Waals surface area contributed by atoms with Gasteiger partial charge >= 0.3 is 0 Å². The summed E-state index contributed by atoms with van der Waals surface area (Å²) >= 11 is 4.61. The van der Waals surface area contributed by atoms with E-state index in [1.165, 1.54) is 0 Å². The van der Waals surface area contributed by atoms with Crippen molar-refractivity contribution in [1.29, 1.82) is 0 Å². The molecule has 0 aromatic rings. The summed E-state index contributed by atoms with van der Waals surface area (Å²) in [6.45, 7) is 0.654. The highest BCUT2D eigenvalue weighted by Gasteiger charge is 1.87. The van der Waals surface area contributed by atoms with Gasteiger partial charge in [0.25, 0.3) is 0 Å². The van der Waals surface area contributed by atoms with Gasteiger partial charge in [0, 0.05) is 6.54 Å². The SMILES string of the molecule is NC(=S)CCCNC=O. The molecule has 0 aliphatic heterocycles. The summed E-state index contributed by atoms with van der Waals surface area (Å²) < 4.78 is 0. The molecule has 0 bridgehead atoms. The smallest absolute Gasteiger partial charge is 0.207 e. The predicted molar refractivity (Wildman–Crippen MR) is 40.1 cm³/mol. The molecule has 52 valence electrons. The fraction of sp³-hybridized carbons (Fsp3) is 0.600. The van der Waals surface area contributed by atoms with Gasteiger partial charge < -0.3 is 11.1 Å². The maximum atomic E-state index is 9.67. The zero-order valence-electron chi connectivity index (χ0n) is 5.09. The molecule has 0 saturated heterocycles. The zero-order valence-corrected chi connectivity index (χ0v) is 5.91. The van der Waals surface area contributed by atoms with E-state index >= 15 is 0 Å². The Kier molecular flexibility index (Phi) is 5.11. The summed E-state index contributed by atoms with van der Waals surface area (Å²) in [6.07, 6.45) is 2.20. The van der Waals surface area contributed by atoms with E-state index < -0.39 is 0 Å². The van der Waals surface area contributed by atoms with E-state index in [0.717, 1.165) is 6.42 Å². The van der Waals surface area contributed by atoms with Crippen LogP contribution in [0.1, 0.15) is 12.8 Å². The van der Waals surface area contributed by atoms with Crippen molar-refractivity contribution < 1.29 is 4.79 Å². The van der Waals surface area contributed by atoms with Crippen molar-refractivity contribution in [2.24, 2.45) is 5.73 Å². The Morgan fingerprint density at radius 1 is 1.78 bits per heavy atom. The highest BCUT2D eigenvalue weighted by Crippen LogP contribution is 1.84. The molecule has 0 aliphatic rings. The number of rotatable bonds is 5. The van der Waals surface area contributed by atoms with Gasteiger partial charge in [0.15, 0.2) is 0 Å². The molecule has 1 amide bonds. The van der Waals surface area contributed by atoms with Crippen molar-refractivity contribution in [3.05, 3.63) is 0 Å². The van der Waals surface area contributed by atoms with Crippen LogP contribution in [0.5, 0.6) is 0 Å². The molecule has 3 N–H and O–H groups in total. The second-order valence-corrected chi connectivity index (χ2v) is 2.17. The number of hydrogen-bond donors (Lipinski definition) is 2. The Hall–Kier alpha value is -0.640. The molecule has 0 radical (unpaired) electrons. The highest BCUT2D eigenvalue weighted by molar-refractivity contribution is 7.80. The summed E-state index contributed by atoms with van der Waals surface area (Å²) in [7, 11) is 0. The third-order valence-corrected chi connectivity index (χ3v) is 1.03. The second kappa shape index (κ2) is 5.50. The van der Waals surface area contributed by atoms with Gasteiger partial charge in [0.2, 0.25) is 6.41 Å². The average Bonchev–Trinajstić information content (AvgIpc) is 1.80. The number of nitrogens with two attached hydrogens (primary N) is 1. The van der Waals surface area contributed by atoms with E-state index in [9.17, 15) is 4.79 Å². The molecule has 0 fully saturated rings. The molecule has 0 rings (SSSR count). The lowest BCUT2D eigenvalue weighted by Crippen LogP contribution is -2.15. The van der Waals surface area contributed by atoms with Crippen LogP contribution >= 0.6 is 12.2 Å². The topological polar surface area (TPSA) is 55.1 Å². The van der Waals surface area contributed by atoms with Gasteiger partial charge in [0.05, 0.1) is 4.99 Å². The molecule has 4 heteroatoms. The molecule has 0 aromatic heterocycles. The van der Waals surface area contributed by atoms with Crippen LogP contribution in [-0.4, -0.2) is 17.9 Å². The number of carbonyl (C=O) groups excluding carboxylic acids is 1. The van der Waals surface area contributed by atoms with Crippen LogP contribution in [-0.2, 0) is 4.79 Å². The fourth-order valence-corrected chi connectivity index (χ4v) is 0.568. The first-order valence-corrected chi connectivity index (χ1v) is 3.13. The van der Waals surface area contributed by atoms with Gasteiger partial charge in [-0.1, -0.05) is 12.2 Å². The molecule has 3 nitrogen and oxygen atoms in total. The minimum Gasteiger partial charge on any atom is -0.393 e. The standard InChI is InChI=1S/C5H10N2OS/c6-5(9)2-1-3-7-4-8/h4H,1-3H2,(H2,6,9)(H,7,8). The fourth-order valence-electron chi connectivity index (χ4n) is 0.424. The van der Waals surface area contributed by atoms with Crippen molar-refractivity contribution in [3.8, 4) is 0 Å². The van der Waals surface area contributed by atoms with Gasteiger partial charge in [-0.3, -0.25) is 4.79 Å². The lowest BCUT2D eigenvalue weighted by Gasteiger charge is -1.95. The van der Waals surface area contributed by atoms with Crippen molar-refractivity contribution >= 4 is 23.6 Å². The third kappa shape index (κ3) is 7.36. The van der Waals surface area contributed by atoms with E-state index in [4.69, 9.17) is 5.73 Å². The van der Waals surface area contributed by atoms with Crippen molar-refractivity contribution in [2.45, 2.75) is 12.8 Å². The second-order valence-electron chi connectivity index (χ2n) is 1.64. The molecule has 0 heterocycles. The molecule has 0 aromatic carbocycles. The van der Waals surface area contributed by atoms with Gasteiger partial charge in [-0.2, -0.15) is 0 Å². The number of nitrogens with one attached hydrogen (secondary N) is 1. The summed E-state index contributed by atoms with van der Waals surface area (Å²) in [5.41, 5.74) is 5.19. The number of amides is 1. The number of thiocarbonyl (C=S) groups is 1. The van der Waals surface area contributed by atoms with Crippen LogP contribution < -0.4 is 11.1 Å². The van der Waals surface area contributed by atoms with Crippen molar-refractivity contribution in [1.82, 2.24) is 5.32 Å². The van der Waals surface area contributed by atoms with Gasteiger partial charge in [-0.25, -0.2) is 0 Å². The molecule has 0 aliphatic carbocycles. The van der Waals surface area contributed by atoms with Crippen LogP contribution in [0.15, 0.2) is 0 Å². The van der Waals surface area contributed by atoms with Crippen LogP contribution in [0.2, 0.25) is 0 Å². The first-order valence-electron chi connectivity index (χ1n) is 2.72. The maximum absolute atomic E-state index is 9.67. The molecule has 0 saturated carbocycles. The van der Waals surface area contributed by atoms with Crippen LogP contribution in [0.25, 0.3) is 0 Å². The molecular weight excluding hydrogens is 136 g/mol. The first-order chi connectivity index (χ1) is 4.27. The van der Waals surface area contributed by atoms with Crippen LogP contribution in [0.3, 0.4) is 0 Å². The van der Waals surface area contributed by atoms with Crippen LogP contribution in [0, 0.1) is 0 Å².